The van der Waals surface area contributed by atoms with Crippen LogP contribution < -0.4 is 15.2 Å². The molecule has 1 saturated heterocycles. The molecule has 0 aliphatic carbocycles. The molecule has 30 heavy (non-hydrogen) atoms. The highest BCUT2D eigenvalue weighted by Crippen LogP contribution is 2.44. The van der Waals surface area contributed by atoms with Crippen molar-refractivity contribution in [1.29, 1.82) is 0 Å². The van der Waals surface area contributed by atoms with Crippen LogP contribution in [0.25, 0.3) is 0 Å². The first-order valence-electron chi connectivity index (χ1n) is 17.6. The molecule has 2 aliphatic rings. The number of rotatable bonds is 7. The van der Waals surface area contributed by atoms with Gasteiger partial charge in [-0.25, -0.2) is 0 Å². The third-order valence-corrected chi connectivity index (χ3v) is 5.08. The van der Waals surface area contributed by atoms with Crippen LogP contribution in [-0.2, 0) is 15.9 Å². The van der Waals surface area contributed by atoms with Crippen molar-refractivity contribution in [3.63, 3.8) is 0 Å². The zero-order valence-electron chi connectivity index (χ0n) is 33.4. The molecule has 2 aliphatic heterocycles. The van der Waals surface area contributed by atoms with Gasteiger partial charge in [0.2, 0.25) is 0 Å². The minimum Gasteiger partial charge on any atom is -0.493 e. The highest BCUT2D eigenvalue weighted by molar-refractivity contribution is 5.76. The molecule has 1 fully saturated rings. The van der Waals surface area contributed by atoms with Crippen molar-refractivity contribution in [2.24, 2.45) is 23.5 Å². The number of ether oxygens (including phenoxy) is 3. The first-order chi connectivity index (χ1) is 20.4. The van der Waals surface area contributed by atoms with Gasteiger partial charge in [-0.3, -0.25) is 9.69 Å². The first kappa shape index (κ1) is 9.78. The molecule has 0 bridgehead atoms. The summed E-state index contributed by atoms with van der Waals surface area (Å²) in [6, 6.07) is -4.63. The molecule has 2 heterocycles. The molecule has 1 aromatic carbocycles. The summed E-state index contributed by atoms with van der Waals surface area (Å²) in [4.78, 5) is 13.9. The van der Waals surface area contributed by atoms with Crippen molar-refractivity contribution < 1.29 is 40.9 Å². The van der Waals surface area contributed by atoms with E-state index in [2.05, 4.69) is 0 Å². The van der Waals surface area contributed by atoms with E-state index in [-0.39, 0.29) is 0 Å². The summed E-state index contributed by atoms with van der Waals surface area (Å²) in [5.41, 5.74) is 4.71. The zero-order valence-corrected chi connectivity index (χ0v) is 17.4. The van der Waals surface area contributed by atoms with Gasteiger partial charge in [-0.05, 0) is 47.8 Å². The van der Waals surface area contributed by atoms with Crippen molar-refractivity contribution in [1.82, 2.24) is 4.90 Å². The van der Waals surface area contributed by atoms with Gasteiger partial charge in [-0.1, -0.05) is 27.6 Å². The van der Waals surface area contributed by atoms with Gasteiger partial charge in [-0.2, -0.15) is 0 Å². The lowest BCUT2D eigenvalue weighted by molar-refractivity contribution is -0.160. The molecule has 0 radical (unpaired) electrons. The number of nitrogens with two attached hydrogens (primary N) is 1. The van der Waals surface area contributed by atoms with Gasteiger partial charge in [0.25, 0.3) is 0 Å². The van der Waals surface area contributed by atoms with E-state index in [1.165, 1.54) is 0 Å². The summed E-state index contributed by atoms with van der Waals surface area (Å²) in [5.74, 6) is -8.25. The van der Waals surface area contributed by atoms with E-state index in [1.54, 1.807) is 13.8 Å². The normalized spacial score (nSPS) is 41.8. The quantitative estimate of drug-likeness (QED) is 0.662. The smallest absolute Gasteiger partial charge is 0.323 e. The molecule has 2 N–H and O–H groups in total. The van der Waals surface area contributed by atoms with Gasteiger partial charge in [0, 0.05) is 45.1 Å². The Kier molecular flexibility index (Phi) is 3.12. The third kappa shape index (κ3) is 4.75. The molecule has 0 amide bonds. The van der Waals surface area contributed by atoms with Crippen molar-refractivity contribution in [3.8, 4) is 11.5 Å². The lowest BCUT2D eigenvalue weighted by Gasteiger charge is -2.47. The third-order valence-electron chi connectivity index (χ3n) is 5.08. The second-order valence-electron chi connectivity index (χ2n) is 7.59. The molecule has 0 saturated carbocycles. The van der Waals surface area contributed by atoms with E-state index in [4.69, 9.17) is 40.5 Å². The van der Waals surface area contributed by atoms with Crippen LogP contribution in [0.3, 0.4) is 0 Å². The van der Waals surface area contributed by atoms with Gasteiger partial charge < -0.3 is 19.9 Å². The fourth-order valence-corrected chi connectivity index (χ4v) is 3.39. The molecular weight excluding hydrogens is 380 g/mol. The standard InChI is InChI=1S/C24H38N2O4/c1-14(2)9-17-13-26-8-7-16-10-21(28-5)22(29-6)11-18(16)19(26)12-20(17)30-24(27)23(25)15(3)4/h10-11,14-15,17,19-20,23H,7-9,12-13,25H2,1-6H3/t17?,19?,20?,23-/m0/s1/i1D3,5D3,7D2,8D2,9D2,10D,11D,14D,20D/t14?,17?,19?,20?,23-. The number of hydrogen-bond donors (Lipinski definition) is 1. The fourth-order valence-electron chi connectivity index (χ4n) is 3.39. The van der Waals surface area contributed by atoms with Crippen molar-refractivity contribution in [2.45, 2.75) is 65.0 Å². The van der Waals surface area contributed by atoms with Crippen LogP contribution in [0.4, 0.5) is 0 Å². The van der Waals surface area contributed by atoms with Crippen LogP contribution in [0, 0.1) is 17.7 Å². The van der Waals surface area contributed by atoms with Gasteiger partial charge >= 0.3 is 5.97 Å². The molecule has 3 rings (SSSR count). The lowest BCUT2D eigenvalue weighted by atomic mass is 9.79. The van der Waals surface area contributed by atoms with Gasteiger partial charge in [-0.15, -0.1) is 0 Å². The first-order valence-corrected chi connectivity index (χ1v) is 9.58. The van der Waals surface area contributed by atoms with Gasteiger partial charge in [0.05, 0.1) is 22.4 Å². The van der Waals surface area contributed by atoms with Gasteiger partial charge in [0.15, 0.2) is 11.5 Å². The van der Waals surface area contributed by atoms with Crippen LogP contribution in [0.5, 0.6) is 11.5 Å². The maximum atomic E-state index is 13.2. The largest absolute Gasteiger partial charge is 0.493 e. The predicted octanol–water partition coefficient (Wildman–Crippen LogP) is 3.56. The van der Waals surface area contributed by atoms with E-state index in [0.717, 1.165) is 18.9 Å². The number of fused-ring (bicyclic) bond motifs is 3. The van der Waals surface area contributed by atoms with Crippen molar-refractivity contribution in [3.05, 3.63) is 23.2 Å². The molecule has 4 unspecified atom stereocenters. The van der Waals surface area contributed by atoms with E-state index >= 15 is 0 Å². The lowest BCUT2D eigenvalue weighted by Crippen LogP contribution is -2.51. The van der Waals surface area contributed by atoms with Crippen LogP contribution in [0.1, 0.15) is 79.5 Å². The second-order valence-corrected chi connectivity index (χ2v) is 7.59. The number of carbonyl (C=O) groups excluding carboxylic acids is 1. The Hall–Kier alpha value is -1.79. The highest BCUT2D eigenvalue weighted by atomic mass is 16.5. The van der Waals surface area contributed by atoms with E-state index in [1.807, 2.05) is 0 Å². The molecule has 0 spiro atoms. The van der Waals surface area contributed by atoms with Gasteiger partial charge in [0.1, 0.15) is 12.1 Å². The summed E-state index contributed by atoms with van der Waals surface area (Å²) < 4.78 is 150. The number of piperidine rings is 1. The van der Waals surface area contributed by atoms with Crippen LogP contribution in [0.15, 0.2) is 12.1 Å². The molecular formula is C24H38N2O4. The maximum absolute atomic E-state index is 13.2. The summed E-state index contributed by atoms with van der Waals surface area (Å²) in [6.07, 6.45) is -10.1. The molecule has 1 aromatic rings. The number of methoxy groups -OCH3 is 2. The number of nitrogens with zero attached hydrogens (tertiary/aromatic N) is 1. The average molecular weight is 435 g/mol. The topological polar surface area (TPSA) is 74.0 Å². The Morgan fingerprint density at radius 2 is 2.23 bits per heavy atom. The minimum absolute atomic E-state index is 0.441. The van der Waals surface area contributed by atoms with Crippen molar-refractivity contribution >= 4 is 5.97 Å². The second kappa shape index (κ2) is 9.56. The molecule has 5 atom stereocenters. The Labute approximate surface area is 203 Å². The molecule has 6 heteroatoms. The number of carbonyl (C=O) groups is 1. The predicted molar refractivity (Wildman–Crippen MR) is 118 cm³/mol. The van der Waals surface area contributed by atoms with Crippen LogP contribution in [0.2, 0.25) is 0 Å². The Morgan fingerprint density at radius 1 is 1.47 bits per heavy atom. The minimum atomic E-state index is -3.30. The van der Waals surface area contributed by atoms with Crippen molar-refractivity contribution in [2.75, 3.05) is 27.2 Å². The molecule has 0 aromatic heterocycles. The van der Waals surface area contributed by atoms with E-state index in [9.17, 15) is 6.17 Å². The monoisotopic (exact) mass is 434 g/mol. The summed E-state index contributed by atoms with van der Waals surface area (Å²) in [5, 5.41) is 0. The fraction of sp³-hybridized carbons (Fsp3) is 0.708. The average Bonchev–Trinajstić information content (AvgIpc) is 2.86. The van der Waals surface area contributed by atoms with Crippen LogP contribution in [-0.4, -0.2) is 50.2 Å². The highest BCUT2D eigenvalue weighted by Gasteiger charge is 2.41. The summed E-state index contributed by atoms with van der Waals surface area (Å²) in [6.45, 7) is -3.58. The summed E-state index contributed by atoms with van der Waals surface area (Å²) >= 11 is 0. The number of benzene rings is 1. The number of hydrogen-bond acceptors (Lipinski definition) is 6. The van der Waals surface area contributed by atoms with E-state index in [0.29, 0.717) is 0 Å². The summed E-state index contributed by atoms with van der Waals surface area (Å²) in [7, 11) is -2.16. The molecule has 6 nitrogen and oxygen atoms in total. The zero-order chi connectivity index (χ0) is 36.0. The Balaban J connectivity index is 2.41. The van der Waals surface area contributed by atoms with Crippen LogP contribution >= 0.6 is 0 Å². The molecule has 168 valence electrons. The maximum Gasteiger partial charge on any atom is 0.323 e. The van der Waals surface area contributed by atoms with E-state index < -0.39 is 123 Å². The SMILES string of the molecule is [2H]c1c(OC)c(OC([2H])([2H])[2H])c([2H])c2c1C1CC([2H])(OC(=O)[C@@H](N)C(C)C)C(C([2H])([2H])C([2H])(C)C([2H])([2H])[2H])CN1C([2H])([2H])C2([2H])[2H]. The Morgan fingerprint density at radius 3 is 2.90 bits per heavy atom. The number of esters is 1. The Bertz CT molecular complexity index is 1360.